The zero-order chi connectivity index (χ0) is 10.0. The minimum Gasteiger partial charge on any atom is -0.507 e. The number of benzene rings is 1. The van der Waals surface area contributed by atoms with E-state index in [4.69, 9.17) is 28.9 Å². The lowest BCUT2D eigenvalue weighted by molar-refractivity contribution is 0.466. The summed E-state index contributed by atoms with van der Waals surface area (Å²) in [6, 6.07) is 2.44. The molecule has 0 saturated carbocycles. The lowest BCUT2D eigenvalue weighted by Gasteiger charge is -2.11. The summed E-state index contributed by atoms with van der Waals surface area (Å²) in [5, 5.41) is 10.2. The first-order valence-electron chi connectivity index (χ1n) is 3.62. The lowest BCUT2D eigenvalue weighted by Crippen LogP contribution is -2.07. The molecule has 1 aromatic rings. The van der Waals surface area contributed by atoms with Crippen LogP contribution < -0.4 is 5.73 Å². The van der Waals surface area contributed by atoms with Crippen LogP contribution in [0.1, 0.15) is 11.6 Å². The van der Waals surface area contributed by atoms with Gasteiger partial charge in [-0.15, -0.1) is 6.58 Å². The molecule has 3 N–H and O–H groups in total. The van der Waals surface area contributed by atoms with E-state index in [-0.39, 0.29) is 5.75 Å². The molecule has 0 radical (unpaired) electrons. The molecule has 0 spiro atoms. The average molecular weight is 218 g/mol. The summed E-state index contributed by atoms with van der Waals surface area (Å²) in [5.74, 6) is -0.00935. The topological polar surface area (TPSA) is 46.2 Å². The standard InChI is InChI=1S/C9H9Cl2NO/c1-2-7(12)9-6(11)3-5(10)4-8(9)13/h2-4,7,13H,1,12H2/t7-/m1/s1. The van der Waals surface area contributed by atoms with Gasteiger partial charge < -0.3 is 10.8 Å². The highest BCUT2D eigenvalue weighted by molar-refractivity contribution is 6.35. The van der Waals surface area contributed by atoms with Gasteiger partial charge in [0.05, 0.1) is 11.1 Å². The van der Waals surface area contributed by atoms with Crippen LogP contribution in [-0.4, -0.2) is 5.11 Å². The normalized spacial score (nSPS) is 12.5. The fourth-order valence-electron chi connectivity index (χ4n) is 1.02. The molecule has 1 rings (SSSR count). The van der Waals surface area contributed by atoms with Crippen LogP contribution in [-0.2, 0) is 0 Å². The Hall–Kier alpha value is -0.700. The quantitative estimate of drug-likeness (QED) is 0.749. The van der Waals surface area contributed by atoms with Crippen molar-refractivity contribution in [2.24, 2.45) is 5.73 Å². The Balaban J connectivity index is 3.28. The van der Waals surface area contributed by atoms with Crippen molar-refractivity contribution in [3.8, 4) is 5.75 Å². The second-order valence-corrected chi connectivity index (χ2v) is 3.43. The van der Waals surface area contributed by atoms with E-state index in [9.17, 15) is 5.11 Å². The molecule has 4 heteroatoms. The number of aromatic hydroxyl groups is 1. The van der Waals surface area contributed by atoms with Gasteiger partial charge in [0.25, 0.3) is 0 Å². The van der Waals surface area contributed by atoms with Gasteiger partial charge in [-0.1, -0.05) is 29.3 Å². The van der Waals surface area contributed by atoms with Crippen molar-refractivity contribution in [3.63, 3.8) is 0 Å². The second kappa shape index (κ2) is 4.01. The van der Waals surface area contributed by atoms with Crippen molar-refractivity contribution in [2.45, 2.75) is 6.04 Å². The summed E-state index contributed by atoms with van der Waals surface area (Å²) < 4.78 is 0. The van der Waals surface area contributed by atoms with Gasteiger partial charge in [0.15, 0.2) is 0 Å². The Morgan fingerprint density at radius 1 is 1.46 bits per heavy atom. The molecule has 1 atom stereocenters. The SMILES string of the molecule is C=C[C@@H](N)c1c(O)cc(Cl)cc1Cl. The third-order valence-corrected chi connectivity index (χ3v) is 2.19. The summed E-state index contributed by atoms with van der Waals surface area (Å²) in [5.41, 5.74) is 6.09. The van der Waals surface area contributed by atoms with Crippen LogP contribution in [0.3, 0.4) is 0 Å². The minimum absolute atomic E-state index is 0.00935. The number of phenols is 1. The predicted octanol–water partition coefficient (Wildman–Crippen LogP) is 2.88. The molecule has 0 fully saturated rings. The molecule has 0 aromatic heterocycles. The molecular formula is C9H9Cl2NO. The van der Waals surface area contributed by atoms with Gasteiger partial charge in [-0.3, -0.25) is 0 Å². The molecule has 0 aliphatic carbocycles. The number of rotatable bonds is 2. The van der Waals surface area contributed by atoms with E-state index in [1.807, 2.05) is 0 Å². The maximum atomic E-state index is 9.48. The van der Waals surface area contributed by atoms with Gasteiger partial charge in [0.1, 0.15) is 5.75 Å². The Kier molecular flexibility index (Phi) is 3.20. The fourth-order valence-corrected chi connectivity index (χ4v) is 1.63. The van der Waals surface area contributed by atoms with Gasteiger partial charge in [0.2, 0.25) is 0 Å². The average Bonchev–Trinajstić information content (AvgIpc) is 2.02. The van der Waals surface area contributed by atoms with Gasteiger partial charge in [0, 0.05) is 10.6 Å². The maximum Gasteiger partial charge on any atom is 0.123 e. The van der Waals surface area contributed by atoms with Gasteiger partial charge in [-0.05, 0) is 12.1 Å². The van der Waals surface area contributed by atoms with Crippen LogP contribution in [0.2, 0.25) is 10.0 Å². The van der Waals surface area contributed by atoms with Crippen molar-refractivity contribution < 1.29 is 5.11 Å². The van der Waals surface area contributed by atoms with Crippen molar-refractivity contribution in [1.29, 1.82) is 0 Å². The summed E-state index contributed by atoms with van der Waals surface area (Å²) in [7, 11) is 0. The van der Waals surface area contributed by atoms with Crippen LogP contribution in [0, 0.1) is 0 Å². The van der Waals surface area contributed by atoms with Gasteiger partial charge in [-0.25, -0.2) is 0 Å². The van der Waals surface area contributed by atoms with Crippen LogP contribution in [0.5, 0.6) is 5.75 Å². The summed E-state index contributed by atoms with van der Waals surface area (Å²) in [6.07, 6.45) is 1.49. The summed E-state index contributed by atoms with van der Waals surface area (Å²) in [4.78, 5) is 0. The molecule has 0 bridgehead atoms. The highest BCUT2D eigenvalue weighted by Gasteiger charge is 2.12. The van der Waals surface area contributed by atoms with Crippen LogP contribution in [0.25, 0.3) is 0 Å². The molecule has 13 heavy (non-hydrogen) atoms. The van der Waals surface area contributed by atoms with E-state index < -0.39 is 6.04 Å². The molecular weight excluding hydrogens is 209 g/mol. The number of hydrogen-bond donors (Lipinski definition) is 2. The monoisotopic (exact) mass is 217 g/mol. The first-order valence-corrected chi connectivity index (χ1v) is 4.38. The van der Waals surface area contributed by atoms with Crippen molar-refractivity contribution in [2.75, 3.05) is 0 Å². The Morgan fingerprint density at radius 2 is 2.08 bits per heavy atom. The third kappa shape index (κ3) is 2.15. The Labute approximate surface area is 86.6 Å². The molecule has 70 valence electrons. The first kappa shape index (κ1) is 10.4. The van der Waals surface area contributed by atoms with Gasteiger partial charge >= 0.3 is 0 Å². The largest absolute Gasteiger partial charge is 0.507 e. The van der Waals surface area contributed by atoms with Crippen LogP contribution in [0.15, 0.2) is 24.8 Å². The zero-order valence-electron chi connectivity index (χ0n) is 6.80. The number of hydrogen-bond acceptors (Lipinski definition) is 2. The van der Waals surface area contributed by atoms with E-state index in [0.29, 0.717) is 15.6 Å². The Bertz CT molecular complexity index is 315. The van der Waals surface area contributed by atoms with E-state index in [2.05, 4.69) is 6.58 Å². The zero-order valence-corrected chi connectivity index (χ0v) is 8.31. The van der Waals surface area contributed by atoms with Crippen LogP contribution in [0.4, 0.5) is 0 Å². The Morgan fingerprint density at radius 3 is 2.54 bits per heavy atom. The van der Waals surface area contributed by atoms with Crippen LogP contribution >= 0.6 is 23.2 Å². The van der Waals surface area contributed by atoms with E-state index >= 15 is 0 Å². The molecule has 0 aliphatic heterocycles. The lowest BCUT2D eigenvalue weighted by atomic mass is 10.1. The minimum atomic E-state index is -0.482. The van der Waals surface area contributed by atoms with E-state index in [0.717, 1.165) is 0 Å². The molecule has 2 nitrogen and oxygen atoms in total. The maximum absolute atomic E-state index is 9.48. The molecule has 0 amide bonds. The third-order valence-electron chi connectivity index (χ3n) is 1.66. The van der Waals surface area contributed by atoms with Crippen molar-refractivity contribution in [3.05, 3.63) is 40.4 Å². The highest BCUT2D eigenvalue weighted by atomic mass is 35.5. The predicted molar refractivity (Wildman–Crippen MR) is 55.3 cm³/mol. The molecule has 0 saturated heterocycles. The van der Waals surface area contributed by atoms with Crippen molar-refractivity contribution in [1.82, 2.24) is 0 Å². The molecule has 0 aliphatic rings. The highest BCUT2D eigenvalue weighted by Crippen LogP contribution is 2.33. The van der Waals surface area contributed by atoms with E-state index in [1.54, 1.807) is 0 Å². The van der Waals surface area contributed by atoms with Gasteiger partial charge in [-0.2, -0.15) is 0 Å². The van der Waals surface area contributed by atoms with E-state index in [1.165, 1.54) is 18.2 Å². The molecule has 0 heterocycles. The summed E-state index contributed by atoms with van der Waals surface area (Å²) in [6.45, 7) is 3.51. The second-order valence-electron chi connectivity index (χ2n) is 2.58. The number of halogens is 2. The molecule has 0 unspecified atom stereocenters. The molecule has 1 aromatic carbocycles. The van der Waals surface area contributed by atoms with Crippen molar-refractivity contribution >= 4 is 23.2 Å². The fraction of sp³-hybridized carbons (Fsp3) is 0.111. The smallest absolute Gasteiger partial charge is 0.123 e. The number of nitrogens with two attached hydrogens (primary N) is 1. The number of phenolic OH excluding ortho intramolecular Hbond substituents is 1. The summed E-state index contributed by atoms with van der Waals surface area (Å²) >= 11 is 11.5. The first-order chi connectivity index (χ1) is 6.06.